The molecule has 1 atom stereocenters. The van der Waals surface area contributed by atoms with E-state index < -0.39 is 6.10 Å². The van der Waals surface area contributed by atoms with Crippen molar-refractivity contribution in [3.63, 3.8) is 0 Å². The summed E-state index contributed by atoms with van der Waals surface area (Å²) in [4.78, 5) is 9.49. The molecule has 2 aromatic carbocycles. The molecule has 9 nitrogen and oxygen atoms in total. The Morgan fingerprint density at radius 3 is 2.56 bits per heavy atom. The van der Waals surface area contributed by atoms with Gasteiger partial charge in [-0.2, -0.15) is 0 Å². The zero-order valence-electron chi connectivity index (χ0n) is 18.2. The number of imidazole rings is 1. The molecular formula is C23H26N4O5. The van der Waals surface area contributed by atoms with Gasteiger partial charge in [-0.3, -0.25) is 4.40 Å². The second-order valence-corrected chi connectivity index (χ2v) is 7.29. The number of fused-ring (bicyclic) bond motifs is 3. The number of nitrogens with zero attached hydrogens (tertiary/aromatic N) is 3. The molecule has 2 heterocycles. The third-order valence-corrected chi connectivity index (χ3v) is 5.25. The normalized spacial score (nSPS) is 12.2. The van der Waals surface area contributed by atoms with Gasteiger partial charge in [-0.05, 0) is 24.3 Å². The van der Waals surface area contributed by atoms with Crippen LogP contribution in [0.4, 0.5) is 5.95 Å². The maximum atomic E-state index is 9.88. The van der Waals surface area contributed by atoms with Crippen LogP contribution in [0.2, 0.25) is 0 Å². The Hall–Kier alpha value is -3.56. The minimum atomic E-state index is -0.881. The Morgan fingerprint density at radius 2 is 1.84 bits per heavy atom. The quantitative estimate of drug-likeness (QED) is 0.365. The molecule has 0 spiro atoms. The summed E-state index contributed by atoms with van der Waals surface area (Å²) in [6.45, 7) is 0.117. The van der Waals surface area contributed by atoms with E-state index in [0.29, 0.717) is 46.6 Å². The van der Waals surface area contributed by atoms with E-state index in [1.54, 1.807) is 21.3 Å². The molecule has 0 saturated heterocycles. The molecule has 0 saturated carbocycles. The lowest BCUT2D eigenvalue weighted by Crippen LogP contribution is -2.15. The summed E-state index contributed by atoms with van der Waals surface area (Å²) in [5, 5.41) is 23.3. The van der Waals surface area contributed by atoms with Gasteiger partial charge in [0.05, 0.1) is 39.7 Å². The van der Waals surface area contributed by atoms with Crippen LogP contribution < -0.4 is 19.5 Å². The molecule has 9 heteroatoms. The number of rotatable bonds is 9. The Morgan fingerprint density at radius 1 is 1.03 bits per heavy atom. The number of benzene rings is 2. The van der Waals surface area contributed by atoms with Gasteiger partial charge in [-0.25, -0.2) is 9.97 Å². The van der Waals surface area contributed by atoms with E-state index in [1.165, 1.54) is 0 Å². The van der Waals surface area contributed by atoms with E-state index in [-0.39, 0.29) is 13.0 Å². The maximum Gasteiger partial charge on any atom is 0.209 e. The zero-order chi connectivity index (χ0) is 22.7. The van der Waals surface area contributed by atoms with Crippen LogP contribution in [0.5, 0.6) is 17.2 Å². The molecule has 3 N–H and O–H groups in total. The van der Waals surface area contributed by atoms with Crippen molar-refractivity contribution >= 4 is 22.5 Å². The summed E-state index contributed by atoms with van der Waals surface area (Å²) < 4.78 is 18.1. The first kappa shape index (κ1) is 21.7. The first-order chi connectivity index (χ1) is 15.6. The maximum absolute atomic E-state index is 9.88. The number of aliphatic hydroxyl groups is 2. The lowest BCUT2D eigenvalue weighted by molar-refractivity contribution is 0.0948. The number of hydrogen-bond donors (Lipinski definition) is 3. The SMILES string of the molecule is COc1ccc(CNc2nc3c(OC)cccc3c3nc(CC(O)CO)cn23)c(OC)c1. The predicted octanol–water partition coefficient (Wildman–Crippen LogP) is 2.42. The van der Waals surface area contributed by atoms with Crippen molar-refractivity contribution in [3.05, 3.63) is 53.9 Å². The Labute approximate surface area is 185 Å². The minimum Gasteiger partial charge on any atom is -0.497 e. The minimum absolute atomic E-state index is 0.232. The summed E-state index contributed by atoms with van der Waals surface area (Å²) >= 11 is 0. The summed E-state index contributed by atoms with van der Waals surface area (Å²) in [5.41, 5.74) is 2.93. The average Bonchev–Trinajstić information content (AvgIpc) is 3.25. The van der Waals surface area contributed by atoms with Gasteiger partial charge in [0.25, 0.3) is 0 Å². The van der Waals surface area contributed by atoms with Crippen molar-refractivity contribution in [2.45, 2.75) is 19.1 Å². The molecule has 0 aliphatic carbocycles. The van der Waals surface area contributed by atoms with Crippen molar-refractivity contribution in [2.75, 3.05) is 33.3 Å². The first-order valence-electron chi connectivity index (χ1n) is 10.2. The molecule has 168 valence electrons. The van der Waals surface area contributed by atoms with Gasteiger partial charge in [-0.15, -0.1) is 0 Å². The molecular weight excluding hydrogens is 412 g/mol. The molecule has 0 aliphatic heterocycles. The van der Waals surface area contributed by atoms with E-state index in [0.717, 1.165) is 10.9 Å². The largest absolute Gasteiger partial charge is 0.497 e. The third kappa shape index (κ3) is 4.12. The Bertz CT molecular complexity index is 1240. The lowest BCUT2D eigenvalue weighted by Gasteiger charge is -2.14. The van der Waals surface area contributed by atoms with E-state index in [2.05, 4.69) is 5.32 Å². The van der Waals surface area contributed by atoms with Gasteiger partial charge < -0.3 is 29.7 Å². The number of aliphatic hydroxyl groups excluding tert-OH is 2. The van der Waals surface area contributed by atoms with Crippen molar-refractivity contribution in [3.8, 4) is 17.2 Å². The highest BCUT2D eigenvalue weighted by atomic mass is 16.5. The fourth-order valence-corrected chi connectivity index (χ4v) is 3.62. The molecule has 1 unspecified atom stereocenters. The van der Waals surface area contributed by atoms with Gasteiger partial charge in [0, 0.05) is 36.2 Å². The van der Waals surface area contributed by atoms with Crippen molar-refractivity contribution < 1.29 is 24.4 Å². The number of nitrogens with one attached hydrogen (secondary N) is 1. The van der Waals surface area contributed by atoms with E-state index in [4.69, 9.17) is 24.2 Å². The van der Waals surface area contributed by atoms with Crippen LogP contribution >= 0.6 is 0 Å². The molecule has 0 amide bonds. The Balaban J connectivity index is 1.78. The fourth-order valence-electron chi connectivity index (χ4n) is 3.62. The van der Waals surface area contributed by atoms with Gasteiger partial charge in [-0.1, -0.05) is 6.07 Å². The van der Waals surface area contributed by atoms with Gasteiger partial charge in [0.15, 0.2) is 0 Å². The number of hydrogen-bond acceptors (Lipinski definition) is 8. The smallest absolute Gasteiger partial charge is 0.209 e. The summed E-state index contributed by atoms with van der Waals surface area (Å²) in [5.74, 6) is 2.61. The van der Waals surface area contributed by atoms with Gasteiger partial charge >= 0.3 is 0 Å². The van der Waals surface area contributed by atoms with Crippen LogP contribution in [0.15, 0.2) is 42.6 Å². The van der Waals surface area contributed by atoms with Crippen LogP contribution in [0.1, 0.15) is 11.3 Å². The molecule has 0 aliphatic rings. The van der Waals surface area contributed by atoms with Crippen molar-refractivity contribution in [1.29, 1.82) is 0 Å². The lowest BCUT2D eigenvalue weighted by atomic mass is 10.2. The van der Waals surface area contributed by atoms with Crippen molar-refractivity contribution in [2.24, 2.45) is 0 Å². The topological polar surface area (TPSA) is 110 Å². The molecule has 4 rings (SSSR count). The van der Waals surface area contributed by atoms with Gasteiger partial charge in [0.2, 0.25) is 5.95 Å². The molecule has 2 aromatic heterocycles. The highest BCUT2D eigenvalue weighted by Crippen LogP contribution is 2.30. The molecule has 4 aromatic rings. The molecule has 0 fully saturated rings. The standard InChI is InChI=1S/C23H26N4O5/c1-30-17-8-7-14(20(10-17)32-3)11-24-23-26-21-18(5-4-6-19(21)31-2)22-25-15(12-27(22)23)9-16(29)13-28/h4-8,10,12,16,28-29H,9,11,13H2,1-3H3,(H,24,26). The Kier molecular flexibility index (Phi) is 6.29. The predicted molar refractivity (Wildman–Crippen MR) is 121 cm³/mol. The second kappa shape index (κ2) is 9.29. The molecule has 32 heavy (non-hydrogen) atoms. The number of anilines is 1. The van der Waals surface area contributed by atoms with E-state index in [1.807, 2.05) is 47.0 Å². The monoisotopic (exact) mass is 438 g/mol. The molecule has 0 radical (unpaired) electrons. The molecule has 0 bridgehead atoms. The number of aromatic nitrogens is 3. The van der Waals surface area contributed by atoms with E-state index in [9.17, 15) is 10.2 Å². The van der Waals surface area contributed by atoms with Crippen LogP contribution in [-0.4, -0.2) is 58.6 Å². The fraction of sp³-hybridized carbons (Fsp3) is 0.304. The van der Waals surface area contributed by atoms with Crippen LogP contribution in [0.3, 0.4) is 0 Å². The summed E-state index contributed by atoms with van der Waals surface area (Å²) in [6.07, 6.45) is 1.16. The zero-order valence-corrected chi connectivity index (χ0v) is 18.2. The number of methoxy groups -OCH3 is 3. The number of ether oxygens (including phenoxy) is 3. The third-order valence-electron chi connectivity index (χ3n) is 5.25. The van der Waals surface area contributed by atoms with Gasteiger partial charge in [0.1, 0.15) is 28.4 Å². The average molecular weight is 438 g/mol. The highest BCUT2D eigenvalue weighted by Gasteiger charge is 2.16. The highest BCUT2D eigenvalue weighted by molar-refractivity contribution is 5.96. The second-order valence-electron chi connectivity index (χ2n) is 7.29. The van der Waals surface area contributed by atoms with Crippen LogP contribution in [-0.2, 0) is 13.0 Å². The van der Waals surface area contributed by atoms with Crippen molar-refractivity contribution in [1.82, 2.24) is 14.4 Å². The van der Waals surface area contributed by atoms with Crippen LogP contribution in [0, 0.1) is 0 Å². The first-order valence-corrected chi connectivity index (χ1v) is 10.2. The summed E-state index contributed by atoms with van der Waals surface area (Å²) in [6, 6.07) is 11.3. The van der Waals surface area contributed by atoms with E-state index >= 15 is 0 Å². The number of para-hydroxylation sites is 1. The summed E-state index contributed by atoms with van der Waals surface area (Å²) in [7, 11) is 4.83. The van der Waals surface area contributed by atoms with Crippen LogP contribution in [0.25, 0.3) is 16.6 Å².